The molecule has 1 atom stereocenters. The Labute approximate surface area is 91.4 Å². The number of imide groups is 1. The number of nitrogens with zero attached hydrogens (tertiary/aromatic N) is 3. The lowest BCUT2D eigenvalue weighted by atomic mass is 10.3. The molecule has 3 amide bonds. The summed E-state index contributed by atoms with van der Waals surface area (Å²) < 4.78 is 1.29. The van der Waals surface area contributed by atoms with Gasteiger partial charge in [-0.15, -0.1) is 5.10 Å². The van der Waals surface area contributed by atoms with Crippen LogP contribution in [0.5, 0.6) is 0 Å². The van der Waals surface area contributed by atoms with Crippen molar-refractivity contribution < 1.29 is 14.7 Å². The summed E-state index contributed by atoms with van der Waals surface area (Å²) in [5.74, 6) is -0.562. The molecular weight excluding hydrogens is 214 g/mol. The van der Waals surface area contributed by atoms with E-state index in [4.69, 9.17) is 10.8 Å². The van der Waals surface area contributed by atoms with E-state index in [1.165, 1.54) is 10.9 Å². The van der Waals surface area contributed by atoms with E-state index in [2.05, 4.69) is 10.3 Å². The third-order valence-corrected chi connectivity index (χ3v) is 1.95. The zero-order valence-electron chi connectivity index (χ0n) is 8.75. The van der Waals surface area contributed by atoms with Crippen molar-refractivity contribution in [2.75, 3.05) is 6.61 Å². The Morgan fingerprint density at radius 3 is 2.94 bits per heavy atom. The van der Waals surface area contributed by atoms with E-state index in [-0.39, 0.29) is 6.61 Å². The fourth-order valence-electron chi connectivity index (χ4n) is 1.08. The van der Waals surface area contributed by atoms with Crippen molar-refractivity contribution in [1.29, 1.82) is 0 Å². The average molecular weight is 227 g/mol. The monoisotopic (exact) mass is 227 g/mol. The molecule has 8 nitrogen and oxygen atoms in total. The highest BCUT2D eigenvalue weighted by Gasteiger charge is 2.17. The van der Waals surface area contributed by atoms with Crippen LogP contribution in [-0.4, -0.2) is 38.6 Å². The summed E-state index contributed by atoms with van der Waals surface area (Å²) in [4.78, 5) is 21.8. The molecule has 0 saturated heterocycles. The zero-order chi connectivity index (χ0) is 12.1. The second-order valence-corrected chi connectivity index (χ2v) is 3.19. The third-order valence-electron chi connectivity index (χ3n) is 1.95. The van der Waals surface area contributed by atoms with Crippen LogP contribution in [0.3, 0.4) is 0 Å². The Morgan fingerprint density at radius 1 is 1.69 bits per heavy atom. The summed E-state index contributed by atoms with van der Waals surface area (Å²) in [6, 6.07) is -1.60. The number of rotatable bonds is 4. The summed E-state index contributed by atoms with van der Waals surface area (Å²) in [5.41, 5.74) is 5.38. The van der Waals surface area contributed by atoms with Crippen LogP contribution in [0.4, 0.5) is 4.79 Å². The lowest BCUT2D eigenvalue weighted by Gasteiger charge is -2.09. The van der Waals surface area contributed by atoms with Gasteiger partial charge in [0.15, 0.2) is 0 Å². The summed E-state index contributed by atoms with van der Waals surface area (Å²) in [5, 5.41) is 18.1. The molecule has 0 saturated carbocycles. The predicted molar refractivity (Wildman–Crippen MR) is 53.2 cm³/mol. The minimum absolute atomic E-state index is 0.0411. The summed E-state index contributed by atoms with van der Waals surface area (Å²) >= 11 is 0. The predicted octanol–water partition coefficient (Wildman–Crippen LogP) is -1.43. The van der Waals surface area contributed by atoms with Gasteiger partial charge < -0.3 is 10.8 Å². The Morgan fingerprint density at radius 2 is 2.38 bits per heavy atom. The van der Waals surface area contributed by atoms with E-state index >= 15 is 0 Å². The van der Waals surface area contributed by atoms with Crippen LogP contribution in [0.15, 0.2) is 6.20 Å². The van der Waals surface area contributed by atoms with Gasteiger partial charge in [0.05, 0.1) is 5.69 Å². The van der Waals surface area contributed by atoms with Gasteiger partial charge >= 0.3 is 6.03 Å². The molecule has 0 bridgehead atoms. The highest BCUT2D eigenvalue weighted by Crippen LogP contribution is 2.04. The number of hydrogen-bond acceptors (Lipinski definition) is 5. The van der Waals surface area contributed by atoms with Gasteiger partial charge in [0.1, 0.15) is 6.04 Å². The Balaban J connectivity index is 2.68. The quantitative estimate of drug-likeness (QED) is 0.581. The molecular formula is C8H13N5O3. The molecule has 0 aliphatic carbocycles. The van der Waals surface area contributed by atoms with Crippen LogP contribution < -0.4 is 11.1 Å². The molecule has 88 valence electrons. The number of hydrogen-bond donors (Lipinski definition) is 3. The van der Waals surface area contributed by atoms with Gasteiger partial charge in [-0.1, -0.05) is 5.21 Å². The van der Waals surface area contributed by atoms with E-state index < -0.39 is 18.0 Å². The zero-order valence-corrected chi connectivity index (χ0v) is 8.75. The minimum Gasteiger partial charge on any atom is -0.396 e. The molecule has 1 aromatic rings. The molecule has 8 heteroatoms. The van der Waals surface area contributed by atoms with Gasteiger partial charge in [-0.05, 0) is 6.92 Å². The van der Waals surface area contributed by atoms with E-state index in [0.717, 1.165) is 0 Å². The highest BCUT2D eigenvalue weighted by atomic mass is 16.3. The largest absolute Gasteiger partial charge is 0.396 e. The first kappa shape index (κ1) is 12.1. The number of carbonyl (C=O) groups is 2. The lowest BCUT2D eigenvalue weighted by Crippen LogP contribution is -2.39. The summed E-state index contributed by atoms with van der Waals surface area (Å²) in [7, 11) is 0. The summed E-state index contributed by atoms with van der Waals surface area (Å²) in [6.45, 7) is 1.51. The molecule has 16 heavy (non-hydrogen) atoms. The van der Waals surface area contributed by atoms with Crippen molar-refractivity contribution in [1.82, 2.24) is 20.3 Å². The number of urea groups is 1. The topological polar surface area (TPSA) is 123 Å². The number of carbonyl (C=O) groups excluding carboxylic acids is 2. The van der Waals surface area contributed by atoms with Crippen molar-refractivity contribution in [2.24, 2.45) is 5.73 Å². The standard InChI is InChI=1S/C8H13N5O3/c1-5(7(15)10-8(9)16)13-4-6(2-3-14)11-12-13/h4-5,14H,2-3H2,1H3,(H3,9,10,15,16). The van der Waals surface area contributed by atoms with E-state index in [0.29, 0.717) is 12.1 Å². The Hall–Kier alpha value is -1.96. The van der Waals surface area contributed by atoms with E-state index in [1.54, 1.807) is 6.92 Å². The molecule has 1 heterocycles. The maximum Gasteiger partial charge on any atom is 0.318 e. The average Bonchev–Trinajstić information content (AvgIpc) is 2.64. The van der Waals surface area contributed by atoms with Crippen LogP contribution in [0, 0.1) is 0 Å². The molecule has 0 aliphatic heterocycles. The van der Waals surface area contributed by atoms with Gasteiger partial charge in [0.25, 0.3) is 5.91 Å². The minimum atomic E-state index is -0.910. The smallest absolute Gasteiger partial charge is 0.318 e. The van der Waals surface area contributed by atoms with E-state index in [1.807, 2.05) is 5.32 Å². The van der Waals surface area contributed by atoms with Gasteiger partial charge in [-0.25, -0.2) is 9.48 Å². The third kappa shape index (κ3) is 3.02. The van der Waals surface area contributed by atoms with E-state index in [9.17, 15) is 9.59 Å². The fourth-order valence-corrected chi connectivity index (χ4v) is 1.08. The molecule has 0 aromatic carbocycles. The highest BCUT2D eigenvalue weighted by molar-refractivity contribution is 5.95. The number of primary amides is 1. The van der Waals surface area contributed by atoms with Gasteiger partial charge in [0.2, 0.25) is 0 Å². The van der Waals surface area contributed by atoms with Gasteiger partial charge in [-0.2, -0.15) is 0 Å². The maximum absolute atomic E-state index is 11.4. The van der Waals surface area contributed by atoms with Crippen molar-refractivity contribution in [2.45, 2.75) is 19.4 Å². The second kappa shape index (κ2) is 5.21. The lowest BCUT2D eigenvalue weighted by molar-refractivity contribution is -0.123. The first-order chi connectivity index (χ1) is 7.54. The first-order valence-corrected chi connectivity index (χ1v) is 4.66. The number of aromatic nitrogens is 3. The number of amides is 3. The van der Waals surface area contributed by atoms with Gasteiger partial charge in [-0.3, -0.25) is 10.1 Å². The van der Waals surface area contributed by atoms with Crippen LogP contribution >= 0.6 is 0 Å². The molecule has 0 aliphatic rings. The number of nitrogens with one attached hydrogen (secondary N) is 1. The fraction of sp³-hybridized carbons (Fsp3) is 0.500. The molecule has 4 N–H and O–H groups in total. The van der Waals surface area contributed by atoms with Crippen molar-refractivity contribution in [3.05, 3.63) is 11.9 Å². The number of aliphatic hydroxyl groups excluding tert-OH is 1. The van der Waals surface area contributed by atoms with Crippen LogP contribution in [0.1, 0.15) is 18.7 Å². The Bertz CT molecular complexity index is 389. The molecule has 0 fully saturated rings. The van der Waals surface area contributed by atoms with Crippen LogP contribution in [0.25, 0.3) is 0 Å². The maximum atomic E-state index is 11.4. The molecule has 1 unspecified atom stereocenters. The molecule has 0 radical (unpaired) electrons. The summed E-state index contributed by atoms with van der Waals surface area (Å²) in [6.07, 6.45) is 1.89. The van der Waals surface area contributed by atoms with Crippen molar-refractivity contribution in [3.8, 4) is 0 Å². The normalized spacial score (nSPS) is 12.1. The SMILES string of the molecule is CC(C(=O)NC(N)=O)n1cc(CCO)nn1. The first-order valence-electron chi connectivity index (χ1n) is 4.66. The molecule has 1 aromatic heterocycles. The van der Waals surface area contributed by atoms with Crippen LogP contribution in [0.2, 0.25) is 0 Å². The van der Waals surface area contributed by atoms with Crippen molar-refractivity contribution in [3.63, 3.8) is 0 Å². The van der Waals surface area contributed by atoms with Gasteiger partial charge in [0, 0.05) is 19.2 Å². The number of aliphatic hydroxyl groups is 1. The van der Waals surface area contributed by atoms with Crippen molar-refractivity contribution >= 4 is 11.9 Å². The Kier molecular flexibility index (Phi) is 3.95. The molecule has 1 rings (SSSR count). The number of nitrogens with two attached hydrogens (primary N) is 1. The van der Waals surface area contributed by atoms with Crippen LogP contribution in [-0.2, 0) is 11.2 Å². The second-order valence-electron chi connectivity index (χ2n) is 3.19. The molecule has 0 spiro atoms.